The van der Waals surface area contributed by atoms with E-state index in [9.17, 15) is 9.59 Å². The molecule has 0 saturated carbocycles. The van der Waals surface area contributed by atoms with Crippen LogP contribution in [0.25, 0.3) is 11.3 Å². The number of nitrogens with zero attached hydrogens (tertiary/aromatic N) is 2. The Bertz CT molecular complexity index is 1180. The van der Waals surface area contributed by atoms with E-state index in [2.05, 4.69) is 20.3 Å². The standard InChI is InChI=1S/C20H17N5O2S2/c1-11-17(29-16(23-11)7-12-5-3-2-4-6-12)19(27)25-20-24-15(10-28-20)13-8-14(18(21)26)22-9-13/h2-6,8-10,22H,7H2,1H3,(H2,21,26)(H,24,25,27). The van der Waals surface area contributed by atoms with Crippen molar-refractivity contribution in [2.75, 3.05) is 5.32 Å². The van der Waals surface area contributed by atoms with Gasteiger partial charge in [-0.05, 0) is 18.6 Å². The minimum Gasteiger partial charge on any atom is -0.364 e. The van der Waals surface area contributed by atoms with E-state index in [1.165, 1.54) is 22.7 Å². The maximum Gasteiger partial charge on any atom is 0.269 e. The molecule has 0 fully saturated rings. The van der Waals surface area contributed by atoms with Crippen LogP contribution in [0, 0.1) is 6.92 Å². The number of aryl methyl sites for hydroxylation is 1. The molecule has 3 aromatic heterocycles. The van der Waals surface area contributed by atoms with Crippen molar-refractivity contribution < 1.29 is 9.59 Å². The molecule has 3 heterocycles. The Labute approximate surface area is 174 Å². The maximum absolute atomic E-state index is 12.7. The summed E-state index contributed by atoms with van der Waals surface area (Å²) < 4.78 is 0. The van der Waals surface area contributed by atoms with E-state index in [0.29, 0.717) is 33.5 Å². The molecule has 0 unspecified atom stereocenters. The fourth-order valence-corrected chi connectivity index (χ4v) is 4.52. The average molecular weight is 424 g/mol. The third kappa shape index (κ3) is 4.25. The van der Waals surface area contributed by atoms with Crippen LogP contribution in [-0.4, -0.2) is 26.8 Å². The first kappa shape index (κ1) is 19.0. The number of rotatable bonds is 6. The topological polar surface area (TPSA) is 114 Å². The number of aromatic nitrogens is 3. The Morgan fingerprint density at radius 2 is 2.00 bits per heavy atom. The summed E-state index contributed by atoms with van der Waals surface area (Å²) in [6.07, 6.45) is 2.35. The molecule has 0 spiro atoms. The van der Waals surface area contributed by atoms with Crippen molar-refractivity contribution in [2.45, 2.75) is 13.3 Å². The second kappa shape index (κ2) is 7.98. The van der Waals surface area contributed by atoms with Gasteiger partial charge in [-0.25, -0.2) is 9.97 Å². The van der Waals surface area contributed by atoms with Crippen LogP contribution in [0.5, 0.6) is 0 Å². The number of amides is 2. The summed E-state index contributed by atoms with van der Waals surface area (Å²) in [5.41, 5.74) is 8.80. The summed E-state index contributed by atoms with van der Waals surface area (Å²) in [5.74, 6) is -0.765. The number of nitrogens with two attached hydrogens (primary N) is 1. The highest BCUT2D eigenvalue weighted by Gasteiger charge is 2.17. The van der Waals surface area contributed by atoms with E-state index < -0.39 is 5.91 Å². The summed E-state index contributed by atoms with van der Waals surface area (Å²) in [6.45, 7) is 1.83. The summed E-state index contributed by atoms with van der Waals surface area (Å²) in [5, 5.41) is 6.01. The predicted molar refractivity (Wildman–Crippen MR) is 114 cm³/mol. The second-order valence-corrected chi connectivity index (χ2v) is 8.28. The SMILES string of the molecule is Cc1nc(Cc2ccccc2)sc1C(=O)Nc1nc(-c2c[nH]c(C(N)=O)c2)cs1. The van der Waals surface area contributed by atoms with Crippen molar-refractivity contribution in [1.29, 1.82) is 0 Å². The molecule has 4 rings (SSSR count). The summed E-state index contributed by atoms with van der Waals surface area (Å²) in [6, 6.07) is 11.7. The Morgan fingerprint density at radius 3 is 2.72 bits per heavy atom. The lowest BCUT2D eigenvalue weighted by Crippen LogP contribution is -2.11. The predicted octanol–water partition coefficient (Wildman–Crippen LogP) is 3.85. The van der Waals surface area contributed by atoms with E-state index in [0.717, 1.165) is 16.1 Å². The highest BCUT2D eigenvalue weighted by atomic mass is 32.1. The highest BCUT2D eigenvalue weighted by Crippen LogP contribution is 2.27. The molecule has 146 valence electrons. The molecule has 29 heavy (non-hydrogen) atoms. The smallest absolute Gasteiger partial charge is 0.269 e. The zero-order chi connectivity index (χ0) is 20.4. The van der Waals surface area contributed by atoms with Crippen molar-refractivity contribution in [3.05, 3.63) is 74.8 Å². The van der Waals surface area contributed by atoms with Gasteiger partial charge in [0.1, 0.15) is 10.6 Å². The first-order chi connectivity index (χ1) is 14.0. The molecule has 0 aliphatic carbocycles. The van der Waals surface area contributed by atoms with Crippen LogP contribution >= 0.6 is 22.7 Å². The lowest BCUT2D eigenvalue weighted by Gasteiger charge is -1.99. The Kier molecular flexibility index (Phi) is 5.24. The number of primary amides is 1. The van der Waals surface area contributed by atoms with Gasteiger partial charge in [0.05, 0.1) is 16.4 Å². The number of H-pyrrole nitrogens is 1. The van der Waals surface area contributed by atoms with Crippen molar-refractivity contribution in [3.63, 3.8) is 0 Å². The molecule has 2 amide bonds. The van der Waals surface area contributed by atoms with Gasteiger partial charge in [-0.1, -0.05) is 30.3 Å². The van der Waals surface area contributed by atoms with Crippen LogP contribution in [-0.2, 0) is 6.42 Å². The molecule has 0 atom stereocenters. The molecule has 4 aromatic rings. The number of hydrogen-bond acceptors (Lipinski definition) is 6. The van der Waals surface area contributed by atoms with E-state index in [1.807, 2.05) is 42.6 Å². The Morgan fingerprint density at radius 1 is 1.21 bits per heavy atom. The van der Waals surface area contributed by atoms with E-state index >= 15 is 0 Å². The Balaban J connectivity index is 1.47. The highest BCUT2D eigenvalue weighted by molar-refractivity contribution is 7.15. The maximum atomic E-state index is 12.7. The zero-order valence-corrected chi connectivity index (χ0v) is 17.1. The van der Waals surface area contributed by atoms with Gasteiger partial charge in [-0.3, -0.25) is 14.9 Å². The number of carbonyl (C=O) groups is 2. The first-order valence-electron chi connectivity index (χ1n) is 8.75. The zero-order valence-electron chi connectivity index (χ0n) is 15.4. The fourth-order valence-electron chi connectivity index (χ4n) is 2.81. The fraction of sp³-hybridized carbons (Fsp3) is 0.100. The van der Waals surface area contributed by atoms with Gasteiger partial charge in [0, 0.05) is 23.6 Å². The van der Waals surface area contributed by atoms with Crippen LogP contribution in [0.1, 0.15) is 36.4 Å². The number of anilines is 1. The van der Waals surface area contributed by atoms with Gasteiger partial charge >= 0.3 is 0 Å². The summed E-state index contributed by atoms with van der Waals surface area (Å²) in [4.78, 5) is 36.2. The first-order valence-corrected chi connectivity index (χ1v) is 10.4. The molecular formula is C20H17N5O2S2. The molecule has 0 aliphatic rings. The molecule has 9 heteroatoms. The van der Waals surface area contributed by atoms with Gasteiger partial charge < -0.3 is 10.7 Å². The number of nitrogens with one attached hydrogen (secondary N) is 2. The molecule has 0 radical (unpaired) electrons. The monoisotopic (exact) mass is 423 g/mol. The van der Waals surface area contributed by atoms with Gasteiger partial charge in [-0.2, -0.15) is 0 Å². The quantitative estimate of drug-likeness (QED) is 0.437. The van der Waals surface area contributed by atoms with Crippen LogP contribution < -0.4 is 11.1 Å². The van der Waals surface area contributed by atoms with E-state index in [1.54, 1.807) is 12.3 Å². The molecule has 4 N–H and O–H groups in total. The van der Waals surface area contributed by atoms with Gasteiger partial charge in [-0.15, -0.1) is 22.7 Å². The van der Waals surface area contributed by atoms with Crippen LogP contribution in [0.3, 0.4) is 0 Å². The minimum atomic E-state index is -0.535. The van der Waals surface area contributed by atoms with Crippen molar-refractivity contribution in [2.24, 2.45) is 5.73 Å². The second-order valence-electron chi connectivity index (χ2n) is 6.34. The third-order valence-corrected chi connectivity index (χ3v) is 6.13. The molecule has 0 bridgehead atoms. The minimum absolute atomic E-state index is 0.230. The summed E-state index contributed by atoms with van der Waals surface area (Å²) >= 11 is 2.70. The largest absolute Gasteiger partial charge is 0.364 e. The number of aromatic amines is 1. The molecule has 0 aliphatic heterocycles. The molecular weight excluding hydrogens is 406 g/mol. The number of hydrogen-bond donors (Lipinski definition) is 3. The van der Waals surface area contributed by atoms with Crippen molar-refractivity contribution >= 4 is 39.6 Å². The van der Waals surface area contributed by atoms with E-state index in [-0.39, 0.29) is 5.91 Å². The molecule has 1 aromatic carbocycles. The van der Waals surface area contributed by atoms with Crippen molar-refractivity contribution in [1.82, 2.24) is 15.0 Å². The normalized spacial score (nSPS) is 10.8. The number of thiazole rings is 2. The van der Waals surface area contributed by atoms with E-state index in [4.69, 9.17) is 5.73 Å². The average Bonchev–Trinajstić information content (AvgIpc) is 3.42. The third-order valence-electron chi connectivity index (χ3n) is 4.21. The number of benzene rings is 1. The number of carbonyl (C=O) groups excluding carboxylic acids is 2. The van der Waals surface area contributed by atoms with Crippen LogP contribution in [0.15, 0.2) is 48.0 Å². The lowest BCUT2D eigenvalue weighted by atomic mass is 10.2. The van der Waals surface area contributed by atoms with Gasteiger partial charge in [0.15, 0.2) is 5.13 Å². The molecule has 0 saturated heterocycles. The lowest BCUT2D eigenvalue weighted by molar-refractivity contribution is 0.0994. The van der Waals surface area contributed by atoms with Gasteiger partial charge in [0.25, 0.3) is 11.8 Å². The van der Waals surface area contributed by atoms with Crippen LogP contribution in [0.4, 0.5) is 5.13 Å². The Hall–Kier alpha value is -3.30. The molecule has 7 nitrogen and oxygen atoms in total. The van der Waals surface area contributed by atoms with Crippen molar-refractivity contribution in [3.8, 4) is 11.3 Å². The summed E-state index contributed by atoms with van der Waals surface area (Å²) in [7, 11) is 0. The van der Waals surface area contributed by atoms with Gasteiger partial charge in [0.2, 0.25) is 0 Å². The van der Waals surface area contributed by atoms with Crippen LogP contribution in [0.2, 0.25) is 0 Å².